The zero-order valence-electron chi connectivity index (χ0n) is 13.4. The highest BCUT2D eigenvalue weighted by molar-refractivity contribution is 5.60. The van der Waals surface area contributed by atoms with Crippen LogP contribution >= 0.6 is 0 Å². The Hall–Kier alpha value is -1.96. The molecule has 0 saturated carbocycles. The van der Waals surface area contributed by atoms with Gasteiger partial charge in [-0.1, -0.05) is 49.7 Å². The Morgan fingerprint density at radius 1 is 1.05 bits per heavy atom. The Morgan fingerprint density at radius 3 is 2.38 bits per heavy atom. The number of anilines is 1. The standard InChI is InChI=1S/C19H25NO/c1-5-9-18(16-10-7-6-8-11-16)20-17-13-12-14(2)19(21-4)15(17)3/h6-8,10-13,18,20H,5,9H2,1-4H3. The summed E-state index contributed by atoms with van der Waals surface area (Å²) in [6.07, 6.45) is 2.26. The second-order valence-electron chi connectivity index (χ2n) is 5.48. The first-order valence-electron chi connectivity index (χ1n) is 7.63. The molecule has 2 nitrogen and oxygen atoms in total. The van der Waals surface area contributed by atoms with E-state index < -0.39 is 0 Å². The van der Waals surface area contributed by atoms with Crippen LogP contribution in [0.4, 0.5) is 5.69 Å². The van der Waals surface area contributed by atoms with Crippen molar-refractivity contribution in [1.29, 1.82) is 0 Å². The molecule has 2 heteroatoms. The smallest absolute Gasteiger partial charge is 0.126 e. The lowest BCUT2D eigenvalue weighted by molar-refractivity contribution is 0.408. The summed E-state index contributed by atoms with van der Waals surface area (Å²) in [6.45, 7) is 6.42. The van der Waals surface area contributed by atoms with Crippen molar-refractivity contribution in [2.75, 3.05) is 12.4 Å². The zero-order valence-corrected chi connectivity index (χ0v) is 13.4. The van der Waals surface area contributed by atoms with Crippen molar-refractivity contribution in [2.45, 2.75) is 39.7 Å². The van der Waals surface area contributed by atoms with E-state index in [1.54, 1.807) is 7.11 Å². The molecule has 0 spiro atoms. The maximum atomic E-state index is 5.52. The van der Waals surface area contributed by atoms with Gasteiger partial charge >= 0.3 is 0 Å². The molecule has 0 aromatic heterocycles. The Balaban J connectivity index is 2.29. The van der Waals surface area contributed by atoms with Crippen LogP contribution < -0.4 is 10.1 Å². The summed E-state index contributed by atoms with van der Waals surface area (Å²) in [5.41, 5.74) is 4.83. The molecule has 21 heavy (non-hydrogen) atoms. The number of methoxy groups -OCH3 is 1. The Morgan fingerprint density at radius 2 is 1.76 bits per heavy atom. The predicted octanol–water partition coefficient (Wildman–Crippen LogP) is 5.27. The summed E-state index contributed by atoms with van der Waals surface area (Å²) in [5, 5.41) is 3.69. The molecule has 0 bridgehead atoms. The van der Waals surface area contributed by atoms with E-state index in [-0.39, 0.29) is 0 Å². The van der Waals surface area contributed by atoms with Gasteiger partial charge in [0.1, 0.15) is 5.75 Å². The Bertz CT molecular complexity index is 578. The van der Waals surface area contributed by atoms with Crippen molar-refractivity contribution in [1.82, 2.24) is 0 Å². The SMILES string of the molecule is CCCC(Nc1ccc(C)c(OC)c1C)c1ccccc1. The summed E-state index contributed by atoms with van der Waals surface area (Å²) in [7, 11) is 1.74. The summed E-state index contributed by atoms with van der Waals surface area (Å²) >= 11 is 0. The number of nitrogens with one attached hydrogen (secondary N) is 1. The van der Waals surface area contributed by atoms with E-state index in [0.29, 0.717) is 6.04 Å². The molecule has 0 heterocycles. The summed E-state index contributed by atoms with van der Waals surface area (Å²) in [6, 6.07) is 15.2. The first-order valence-corrected chi connectivity index (χ1v) is 7.63. The molecule has 0 amide bonds. The highest BCUT2D eigenvalue weighted by Gasteiger charge is 2.13. The molecule has 1 unspecified atom stereocenters. The van der Waals surface area contributed by atoms with Gasteiger partial charge in [0.15, 0.2) is 0 Å². The minimum absolute atomic E-state index is 0.335. The number of aryl methyl sites for hydroxylation is 1. The maximum absolute atomic E-state index is 5.52. The van der Waals surface area contributed by atoms with Crippen LogP contribution in [0.25, 0.3) is 0 Å². The van der Waals surface area contributed by atoms with E-state index in [2.05, 4.69) is 68.6 Å². The monoisotopic (exact) mass is 283 g/mol. The first kappa shape index (κ1) is 15.4. The second-order valence-corrected chi connectivity index (χ2v) is 5.48. The number of hydrogen-bond acceptors (Lipinski definition) is 2. The normalized spacial score (nSPS) is 12.0. The molecule has 1 N–H and O–H groups in total. The van der Waals surface area contributed by atoms with E-state index in [1.165, 1.54) is 16.7 Å². The largest absolute Gasteiger partial charge is 0.496 e. The van der Waals surface area contributed by atoms with Gasteiger partial charge in [0.25, 0.3) is 0 Å². The predicted molar refractivity (Wildman–Crippen MR) is 90.2 cm³/mol. The fraction of sp³-hybridized carbons (Fsp3) is 0.368. The minimum atomic E-state index is 0.335. The quantitative estimate of drug-likeness (QED) is 0.780. The number of ether oxygens (including phenoxy) is 1. The molecule has 0 aliphatic carbocycles. The van der Waals surface area contributed by atoms with E-state index in [4.69, 9.17) is 4.74 Å². The second kappa shape index (κ2) is 7.16. The van der Waals surface area contributed by atoms with Gasteiger partial charge < -0.3 is 10.1 Å². The van der Waals surface area contributed by atoms with E-state index in [1.807, 2.05) is 0 Å². The van der Waals surface area contributed by atoms with Crippen LogP contribution in [0.15, 0.2) is 42.5 Å². The molecule has 0 radical (unpaired) electrons. The molecule has 0 aliphatic heterocycles. The van der Waals surface area contributed by atoms with Crippen molar-refractivity contribution in [3.8, 4) is 5.75 Å². The van der Waals surface area contributed by atoms with Gasteiger partial charge in [-0.2, -0.15) is 0 Å². The van der Waals surface area contributed by atoms with Gasteiger partial charge in [-0.3, -0.25) is 0 Å². The Kier molecular flexibility index (Phi) is 5.26. The number of rotatable bonds is 6. The van der Waals surface area contributed by atoms with E-state index in [9.17, 15) is 0 Å². The lowest BCUT2D eigenvalue weighted by atomic mass is 10.0. The van der Waals surface area contributed by atoms with Crippen LogP contribution in [-0.4, -0.2) is 7.11 Å². The van der Waals surface area contributed by atoms with Gasteiger partial charge in [0.2, 0.25) is 0 Å². The third kappa shape index (κ3) is 3.57. The molecular formula is C19H25NO. The fourth-order valence-corrected chi connectivity index (χ4v) is 2.78. The van der Waals surface area contributed by atoms with Gasteiger partial charge in [-0.15, -0.1) is 0 Å². The summed E-state index contributed by atoms with van der Waals surface area (Å²) < 4.78 is 5.52. The van der Waals surface area contributed by atoms with Crippen LogP contribution in [0, 0.1) is 13.8 Å². The van der Waals surface area contributed by atoms with Crippen LogP contribution in [0.1, 0.15) is 42.5 Å². The molecule has 2 aromatic carbocycles. The number of hydrogen-bond donors (Lipinski definition) is 1. The Labute approximate surface area is 128 Å². The lowest BCUT2D eigenvalue weighted by Gasteiger charge is -2.22. The highest BCUT2D eigenvalue weighted by Crippen LogP contribution is 2.32. The topological polar surface area (TPSA) is 21.3 Å². The van der Waals surface area contributed by atoms with Crippen molar-refractivity contribution in [3.63, 3.8) is 0 Å². The van der Waals surface area contributed by atoms with Gasteiger partial charge in [-0.25, -0.2) is 0 Å². The third-order valence-electron chi connectivity index (χ3n) is 3.92. The molecular weight excluding hydrogens is 258 g/mol. The van der Waals surface area contributed by atoms with Crippen molar-refractivity contribution in [2.24, 2.45) is 0 Å². The molecule has 2 aromatic rings. The molecule has 112 valence electrons. The maximum Gasteiger partial charge on any atom is 0.126 e. The highest BCUT2D eigenvalue weighted by atomic mass is 16.5. The first-order chi connectivity index (χ1) is 10.2. The summed E-state index contributed by atoms with van der Waals surface area (Å²) in [4.78, 5) is 0. The fourth-order valence-electron chi connectivity index (χ4n) is 2.78. The van der Waals surface area contributed by atoms with Crippen molar-refractivity contribution < 1.29 is 4.74 Å². The average Bonchev–Trinajstić information content (AvgIpc) is 2.51. The van der Waals surface area contributed by atoms with Crippen LogP contribution in [0.5, 0.6) is 5.75 Å². The molecule has 2 rings (SSSR count). The van der Waals surface area contributed by atoms with Crippen LogP contribution in [0.2, 0.25) is 0 Å². The lowest BCUT2D eigenvalue weighted by Crippen LogP contribution is -2.12. The molecule has 1 atom stereocenters. The van der Waals surface area contributed by atoms with Gasteiger partial charge in [0.05, 0.1) is 13.2 Å². The van der Waals surface area contributed by atoms with Crippen molar-refractivity contribution in [3.05, 3.63) is 59.2 Å². The van der Waals surface area contributed by atoms with Crippen molar-refractivity contribution >= 4 is 5.69 Å². The number of benzene rings is 2. The third-order valence-corrected chi connectivity index (χ3v) is 3.92. The van der Waals surface area contributed by atoms with E-state index >= 15 is 0 Å². The zero-order chi connectivity index (χ0) is 15.2. The average molecular weight is 283 g/mol. The van der Waals surface area contributed by atoms with Gasteiger partial charge in [0, 0.05) is 11.3 Å². The van der Waals surface area contributed by atoms with Crippen LogP contribution in [-0.2, 0) is 0 Å². The summed E-state index contributed by atoms with van der Waals surface area (Å²) in [5.74, 6) is 0.975. The van der Waals surface area contributed by atoms with E-state index in [0.717, 1.165) is 24.3 Å². The molecule has 0 aliphatic rings. The minimum Gasteiger partial charge on any atom is -0.496 e. The molecule has 0 saturated heterocycles. The molecule has 0 fully saturated rings. The van der Waals surface area contributed by atoms with Gasteiger partial charge in [-0.05, 0) is 37.5 Å². The van der Waals surface area contributed by atoms with Crippen LogP contribution in [0.3, 0.4) is 0 Å².